The molecule has 0 bridgehead atoms. The van der Waals surface area contributed by atoms with Gasteiger partial charge < -0.3 is 19.3 Å². The quantitative estimate of drug-likeness (QED) is 0.757. The number of benzene rings is 1. The van der Waals surface area contributed by atoms with Crippen LogP contribution in [0, 0.1) is 0 Å². The summed E-state index contributed by atoms with van der Waals surface area (Å²) < 4.78 is 11.2. The van der Waals surface area contributed by atoms with E-state index >= 15 is 0 Å². The zero-order chi connectivity index (χ0) is 18.5. The van der Waals surface area contributed by atoms with Crippen LogP contribution in [0.15, 0.2) is 36.4 Å². The monoisotopic (exact) mass is 358 g/mol. The highest BCUT2D eigenvalue weighted by Gasteiger charge is 2.32. The van der Waals surface area contributed by atoms with Gasteiger partial charge in [0.25, 0.3) is 11.8 Å². The molecule has 0 spiro atoms. The van der Waals surface area contributed by atoms with E-state index in [1.807, 2.05) is 24.0 Å². The van der Waals surface area contributed by atoms with Crippen LogP contribution in [0.1, 0.15) is 30.1 Å². The number of carbonyl (C=O) groups excluding carboxylic acids is 2. The Hall–Kier alpha value is -2.34. The summed E-state index contributed by atoms with van der Waals surface area (Å²) in [6.45, 7) is 8.87. The molecule has 1 aromatic carbocycles. The Balaban J connectivity index is 1.60. The molecule has 140 valence electrons. The number of nitrogens with zero attached hydrogens (tertiary/aromatic N) is 2. The van der Waals surface area contributed by atoms with Gasteiger partial charge in [-0.3, -0.25) is 9.59 Å². The third kappa shape index (κ3) is 4.25. The van der Waals surface area contributed by atoms with Gasteiger partial charge in [0, 0.05) is 32.8 Å². The molecule has 0 radical (unpaired) electrons. The van der Waals surface area contributed by atoms with Crippen molar-refractivity contribution in [2.75, 3.05) is 39.4 Å². The lowest BCUT2D eigenvalue weighted by atomic mass is 10.1. The molecule has 0 aromatic heterocycles. The van der Waals surface area contributed by atoms with E-state index in [2.05, 4.69) is 6.58 Å². The molecule has 1 atom stereocenters. The zero-order valence-electron chi connectivity index (χ0n) is 15.3. The van der Waals surface area contributed by atoms with Gasteiger partial charge in [-0.1, -0.05) is 18.7 Å². The van der Waals surface area contributed by atoms with Gasteiger partial charge in [0.05, 0.1) is 5.56 Å². The highest BCUT2D eigenvalue weighted by atomic mass is 16.5. The lowest BCUT2D eigenvalue weighted by Gasteiger charge is -2.36. The molecule has 6 nitrogen and oxygen atoms in total. The molecule has 0 N–H and O–H groups in total. The van der Waals surface area contributed by atoms with Crippen LogP contribution in [-0.4, -0.2) is 67.1 Å². The number of carbonyl (C=O) groups is 2. The summed E-state index contributed by atoms with van der Waals surface area (Å²) in [6, 6.07) is 7.26. The first-order valence-corrected chi connectivity index (χ1v) is 9.12. The third-order valence-corrected chi connectivity index (χ3v) is 4.68. The van der Waals surface area contributed by atoms with Crippen molar-refractivity contribution >= 4 is 11.8 Å². The number of amides is 2. The SMILES string of the molecule is C=C(C)COc1ccccc1C(=O)N1CCN(C(=O)C2CCCO2)CC1. The third-order valence-electron chi connectivity index (χ3n) is 4.68. The predicted octanol–water partition coefficient (Wildman–Crippen LogP) is 2.10. The van der Waals surface area contributed by atoms with Crippen molar-refractivity contribution in [3.05, 3.63) is 42.0 Å². The molecular formula is C20H26N2O4. The molecule has 3 rings (SSSR count). The summed E-state index contributed by atoms with van der Waals surface area (Å²) in [4.78, 5) is 28.9. The number of rotatable bonds is 5. The van der Waals surface area contributed by atoms with E-state index in [1.165, 1.54) is 0 Å². The minimum atomic E-state index is -0.298. The second kappa shape index (κ2) is 8.36. The minimum absolute atomic E-state index is 0.0554. The second-order valence-electron chi connectivity index (χ2n) is 6.86. The Labute approximate surface area is 154 Å². The van der Waals surface area contributed by atoms with Crippen LogP contribution in [0.5, 0.6) is 5.75 Å². The van der Waals surface area contributed by atoms with E-state index in [0.717, 1.165) is 18.4 Å². The lowest BCUT2D eigenvalue weighted by Crippen LogP contribution is -2.52. The highest BCUT2D eigenvalue weighted by molar-refractivity contribution is 5.97. The second-order valence-corrected chi connectivity index (χ2v) is 6.86. The molecule has 2 fully saturated rings. The van der Waals surface area contributed by atoms with E-state index in [4.69, 9.17) is 9.47 Å². The van der Waals surface area contributed by atoms with Crippen LogP contribution in [-0.2, 0) is 9.53 Å². The van der Waals surface area contributed by atoms with Gasteiger partial charge in [0.15, 0.2) is 0 Å². The summed E-state index contributed by atoms with van der Waals surface area (Å²) in [6.07, 6.45) is 1.44. The smallest absolute Gasteiger partial charge is 0.257 e. The first-order chi connectivity index (χ1) is 12.6. The fraction of sp³-hybridized carbons (Fsp3) is 0.500. The summed E-state index contributed by atoms with van der Waals surface area (Å²) in [5.74, 6) is 0.560. The standard InChI is InChI=1S/C20H26N2O4/c1-15(2)14-26-17-7-4-3-6-16(17)19(23)21-9-11-22(12-10-21)20(24)18-8-5-13-25-18/h3-4,6-7,18H,1,5,8-14H2,2H3. The van der Waals surface area contributed by atoms with Crippen molar-refractivity contribution in [3.63, 3.8) is 0 Å². The lowest BCUT2D eigenvalue weighted by molar-refractivity contribution is -0.142. The Kier molecular flexibility index (Phi) is 5.93. The van der Waals surface area contributed by atoms with Crippen LogP contribution < -0.4 is 4.74 Å². The molecule has 1 aromatic rings. The predicted molar refractivity (Wildman–Crippen MR) is 98.2 cm³/mol. The number of para-hydroxylation sites is 1. The van der Waals surface area contributed by atoms with Crippen molar-refractivity contribution in [1.82, 2.24) is 9.80 Å². The highest BCUT2D eigenvalue weighted by Crippen LogP contribution is 2.22. The molecule has 2 aliphatic rings. The Morgan fingerprint density at radius 1 is 1.19 bits per heavy atom. The van der Waals surface area contributed by atoms with Crippen LogP contribution in [0.4, 0.5) is 0 Å². The van der Waals surface area contributed by atoms with Gasteiger partial charge in [0.1, 0.15) is 18.5 Å². The molecule has 26 heavy (non-hydrogen) atoms. The molecule has 0 saturated carbocycles. The molecule has 0 aliphatic carbocycles. The van der Waals surface area contributed by atoms with E-state index in [0.29, 0.717) is 50.7 Å². The van der Waals surface area contributed by atoms with E-state index in [-0.39, 0.29) is 17.9 Å². The van der Waals surface area contributed by atoms with Gasteiger partial charge in [-0.15, -0.1) is 0 Å². The summed E-state index contributed by atoms with van der Waals surface area (Å²) in [7, 11) is 0. The molecule has 2 saturated heterocycles. The summed E-state index contributed by atoms with van der Waals surface area (Å²) in [5.41, 5.74) is 1.45. The van der Waals surface area contributed by atoms with Gasteiger partial charge in [-0.05, 0) is 37.5 Å². The van der Waals surface area contributed by atoms with Crippen LogP contribution >= 0.6 is 0 Å². The molecule has 1 unspecified atom stereocenters. The zero-order valence-corrected chi connectivity index (χ0v) is 15.3. The maximum atomic E-state index is 12.9. The van der Waals surface area contributed by atoms with Gasteiger partial charge in [-0.25, -0.2) is 0 Å². The summed E-state index contributed by atoms with van der Waals surface area (Å²) in [5, 5.41) is 0. The normalized spacial score (nSPS) is 20.1. The average Bonchev–Trinajstić information content (AvgIpc) is 3.20. The number of hydrogen-bond donors (Lipinski definition) is 0. The van der Waals surface area contributed by atoms with Crippen molar-refractivity contribution in [2.24, 2.45) is 0 Å². The Morgan fingerprint density at radius 2 is 1.88 bits per heavy atom. The minimum Gasteiger partial charge on any atom is -0.488 e. The Bertz CT molecular complexity index is 674. The molecule has 2 heterocycles. The summed E-state index contributed by atoms with van der Waals surface area (Å²) >= 11 is 0. The van der Waals surface area contributed by atoms with Gasteiger partial charge in [0.2, 0.25) is 0 Å². The van der Waals surface area contributed by atoms with Crippen molar-refractivity contribution < 1.29 is 19.1 Å². The van der Waals surface area contributed by atoms with Crippen LogP contribution in [0.3, 0.4) is 0 Å². The number of hydrogen-bond acceptors (Lipinski definition) is 4. The average molecular weight is 358 g/mol. The molecule has 2 aliphatic heterocycles. The Morgan fingerprint density at radius 3 is 2.54 bits per heavy atom. The van der Waals surface area contributed by atoms with Crippen molar-refractivity contribution in [1.29, 1.82) is 0 Å². The van der Waals surface area contributed by atoms with Crippen LogP contribution in [0.25, 0.3) is 0 Å². The van der Waals surface area contributed by atoms with Crippen molar-refractivity contribution in [3.8, 4) is 5.75 Å². The number of piperazine rings is 1. The van der Waals surface area contributed by atoms with Crippen molar-refractivity contribution in [2.45, 2.75) is 25.9 Å². The number of ether oxygens (including phenoxy) is 2. The maximum absolute atomic E-state index is 12.9. The fourth-order valence-electron chi connectivity index (χ4n) is 3.25. The van der Waals surface area contributed by atoms with E-state index in [9.17, 15) is 9.59 Å². The van der Waals surface area contributed by atoms with E-state index < -0.39 is 0 Å². The largest absolute Gasteiger partial charge is 0.488 e. The van der Waals surface area contributed by atoms with Gasteiger partial charge >= 0.3 is 0 Å². The first kappa shape index (κ1) is 18.5. The molecule has 2 amide bonds. The first-order valence-electron chi connectivity index (χ1n) is 9.12. The molecule has 6 heteroatoms. The van der Waals surface area contributed by atoms with E-state index in [1.54, 1.807) is 17.0 Å². The molecular weight excluding hydrogens is 332 g/mol. The topological polar surface area (TPSA) is 59.1 Å². The van der Waals surface area contributed by atoms with Crippen LogP contribution in [0.2, 0.25) is 0 Å². The fourth-order valence-corrected chi connectivity index (χ4v) is 3.25. The van der Waals surface area contributed by atoms with Gasteiger partial charge in [-0.2, -0.15) is 0 Å². The maximum Gasteiger partial charge on any atom is 0.257 e.